The first kappa shape index (κ1) is 25.5. The van der Waals surface area contributed by atoms with E-state index in [-0.39, 0.29) is 24.4 Å². The minimum atomic E-state index is -1.04. The summed E-state index contributed by atoms with van der Waals surface area (Å²) in [5.41, 5.74) is 2.73. The van der Waals surface area contributed by atoms with Crippen molar-refractivity contribution in [1.29, 1.82) is 0 Å². The van der Waals surface area contributed by atoms with Gasteiger partial charge in [0.1, 0.15) is 11.9 Å². The van der Waals surface area contributed by atoms with Gasteiger partial charge in [0, 0.05) is 31.2 Å². The number of aliphatic hydroxyl groups is 2. The van der Waals surface area contributed by atoms with E-state index in [1.54, 1.807) is 44.2 Å². The van der Waals surface area contributed by atoms with E-state index < -0.39 is 30.1 Å². The zero-order valence-corrected chi connectivity index (χ0v) is 19.0. The highest BCUT2D eigenvalue weighted by atomic mass is 16.5. The minimum absolute atomic E-state index is 0.0246. The number of allylic oxidation sites excluding steroid dienone is 3. The summed E-state index contributed by atoms with van der Waals surface area (Å²) in [6.45, 7) is 5.33. The molecule has 1 unspecified atom stereocenters. The van der Waals surface area contributed by atoms with Crippen LogP contribution in [0.5, 0.6) is 5.75 Å². The lowest BCUT2D eigenvalue weighted by Gasteiger charge is -2.19. The molecule has 0 saturated heterocycles. The van der Waals surface area contributed by atoms with Gasteiger partial charge in [0.25, 0.3) is 0 Å². The van der Waals surface area contributed by atoms with Crippen LogP contribution in [0.25, 0.3) is 0 Å². The molecule has 1 heterocycles. The molecular formula is C25H33NO6. The van der Waals surface area contributed by atoms with Crippen molar-refractivity contribution >= 4 is 17.4 Å². The van der Waals surface area contributed by atoms with Crippen LogP contribution in [-0.2, 0) is 20.7 Å². The van der Waals surface area contributed by atoms with Gasteiger partial charge in [-0.05, 0) is 49.6 Å². The van der Waals surface area contributed by atoms with Crippen LogP contribution in [0, 0.1) is 5.92 Å². The first-order chi connectivity index (χ1) is 15.1. The molecule has 0 fully saturated rings. The highest BCUT2D eigenvalue weighted by Crippen LogP contribution is 2.23. The fourth-order valence-corrected chi connectivity index (χ4v) is 3.56. The van der Waals surface area contributed by atoms with Gasteiger partial charge in [-0.25, -0.2) is 0 Å². The molecule has 1 aliphatic rings. The fourth-order valence-electron chi connectivity index (χ4n) is 3.56. The van der Waals surface area contributed by atoms with Crippen LogP contribution in [0.2, 0.25) is 0 Å². The number of aliphatic hydroxyl groups excluding tert-OH is 2. The lowest BCUT2D eigenvalue weighted by molar-refractivity contribution is -0.128. The number of carbonyl (C=O) groups excluding carboxylic acids is 2. The Bertz CT molecular complexity index is 917. The number of benzene rings is 1. The summed E-state index contributed by atoms with van der Waals surface area (Å²) >= 11 is 0. The van der Waals surface area contributed by atoms with Crippen molar-refractivity contribution in [2.45, 2.75) is 58.3 Å². The van der Waals surface area contributed by atoms with Gasteiger partial charge >= 0.3 is 0 Å². The highest BCUT2D eigenvalue weighted by Gasteiger charge is 2.23. The molecule has 4 N–H and O–H groups in total. The van der Waals surface area contributed by atoms with Crippen molar-refractivity contribution in [2.24, 2.45) is 5.92 Å². The van der Waals surface area contributed by atoms with Crippen LogP contribution in [0.15, 0.2) is 53.6 Å². The van der Waals surface area contributed by atoms with Gasteiger partial charge in [0.2, 0.25) is 5.91 Å². The zero-order valence-electron chi connectivity index (χ0n) is 19.0. The molecule has 1 amide bonds. The molecule has 174 valence electrons. The van der Waals surface area contributed by atoms with E-state index in [9.17, 15) is 24.9 Å². The quantitative estimate of drug-likeness (QED) is 0.496. The van der Waals surface area contributed by atoms with Gasteiger partial charge in [-0.15, -0.1) is 0 Å². The molecule has 7 heteroatoms. The number of fused-ring (bicyclic) bond motifs is 2. The lowest BCUT2D eigenvalue weighted by atomic mass is 9.94. The number of rotatable bonds is 1. The molecule has 0 saturated carbocycles. The van der Waals surface area contributed by atoms with Gasteiger partial charge in [-0.2, -0.15) is 0 Å². The van der Waals surface area contributed by atoms with E-state index in [0.717, 1.165) is 11.1 Å². The molecule has 2 rings (SSSR count). The Kier molecular flexibility index (Phi) is 9.38. The number of hydrogen-bond donors (Lipinski definition) is 4. The number of Topliss-reactive ketones (excluding diaryl/α,β-unsaturated/α-hetero) is 1. The maximum atomic E-state index is 12.6. The third-order valence-electron chi connectivity index (χ3n) is 5.43. The Hall–Kier alpha value is -2.74. The number of hydrogen-bond acceptors (Lipinski definition) is 6. The molecule has 7 nitrogen and oxygen atoms in total. The normalized spacial score (nSPS) is 30.6. The summed E-state index contributed by atoms with van der Waals surface area (Å²) < 4.78 is 5.27. The minimum Gasteiger partial charge on any atom is -0.508 e. The van der Waals surface area contributed by atoms with Gasteiger partial charge in [0.05, 0.1) is 18.6 Å². The number of ketones is 1. The zero-order chi connectivity index (χ0) is 23.8. The third-order valence-corrected chi connectivity index (χ3v) is 5.43. The Morgan fingerprint density at radius 1 is 1.09 bits per heavy atom. The molecule has 32 heavy (non-hydrogen) atoms. The third kappa shape index (κ3) is 7.75. The van der Waals surface area contributed by atoms with Gasteiger partial charge in [-0.1, -0.05) is 30.7 Å². The summed E-state index contributed by atoms with van der Waals surface area (Å²) in [6.07, 6.45) is 4.35. The molecule has 1 aromatic rings. The predicted molar refractivity (Wildman–Crippen MR) is 123 cm³/mol. The van der Waals surface area contributed by atoms with Crippen LogP contribution in [-0.4, -0.2) is 52.4 Å². The van der Waals surface area contributed by atoms with Crippen LogP contribution in [0.1, 0.15) is 39.2 Å². The molecule has 1 aliphatic heterocycles. The monoisotopic (exact) mass is 443 g/mol. The van der Waals surface area contributed by atoms with Crippen LogP contribution in [0.3, 0.4) is 0 Å². The van der Waals surface area contributed by atoms with E-state index in [2.05, 4.69) is 5.32 Å². The summed E-state index contributed by atoms with van der Waals surface area (Å²) in [5.74, 6) is -1.04. The molecule has 1 aromatic carbocycles. The number of anilines is 1. The average molecular weight is 444 g/mol. The Morgan fingerprint density at radius 3 is 2.50 bits per heavy atom. The highest BCUT2D eigenvalue weighted by molar-refractivity contribution is 5.91. The second-order valence-corrected chi connectivity index (χ2v) is 8.39. The van der Waals surface area contributed by atoms with Gasteiger partial charge < -0.3 is 25.4 Å². The standard InChI is InChI=1S/C25H33NO6/c1-15-6-5-7-24(32-4)23(30)13-21(28)16(2)9-17(3)22(29)14-25(31)26-19-10-18(8-15)11-20(27)12-19/h5-7,9-12,16,21-22,24,27-29H,8,13-14H2,1-4H3,(H,26,31)/b7-5-,15-6+,17-9+/t16-,21-,22-,24?/m0/s1. The van der Waals surface area contributed by atoms with Gasteiger partial charge in [-0.3, -0.25) is 9.59 Å². The smallest absolute Gasteiger partial charge is 0.227 e. The van der Waals surface area contributed by atoms with E-state index in [0.29, 0.717) is 17.7 Å². The number of amides is 1. The second kappa shape index (κ2) is 11.8. The number of nitrogens with one attached hydrogen (secondary N) is 1. The first-order valence-electron chi connectivity index (χ1n) is 10.7. The van der Waals surface area contributed by atoms with Crippen molar-refractivity contribution in [2.75, 3.05) is 12.4 Å². The summed E-state index contributed by atoms with van der Waals surface area (Å²) in [6, 6.07) is 4.83. The molecule has 0 spiro atoms. The lowest BCUT2D eigenvalue weighted by Crippen LogP contribution is -2.28. The Labute approximate surface area is 189 Å². The molecule has 0 radical (unpaired) electrons. The summed E-state index contributed by atoms with van der Waals surface area (Å²) in [7, 11) is 1.44. The van der Waals surface area contributed by atoms with Crippen LogP contribution in [0.4, 0.5) is 5.69 Å². The number of phenolic OH excluding ortho intramolecular Hbond substituents is 1. The van der Waals surface area contributed by atoms with Crippen molar-refractivity contribution < 1.29 is 29.6 Å². The number of phenols is 1. The van der Waals surface area contributed by atoms with E-state index in [1.165, 1.54) is 13.2 Å². The maximum Gasteiger partial charge on any atom is 0.227 e. The number of methoxy groups -OCH3 is 1. The number of ether oxygens (including phenoxy) is 1. The SMILES string of the molecule is COC1/C=C\C=C(/C)Cc2cc(O)cc(c2)NC(=O)C[C@H](O)/C(C)=C/[C@H](C)[C@@H](O)CC1=O. The average Bonchev–Trinajstić information content (AvgIpc) is 2.69. The molecule has 4 atom stereocenters. The van der Waals surface area contributed by atoms with Crippen molar-refractivity contribution in [3.05, 3.63) is 59.2 Å². The summed E-state index contributed by atoms with van der Waals surface area (Å²) in [4.78, 5) is 25.0. The molecular weight excluding hydrogens is 410 g/mol. The molecule has 2 bridgehead atoms. The van der Waals surface area contributed by atoms with Crippen molar-refractivity contribution in [3.8, 4) is 5.75 Å². The predicted octanol–water partition coefficient (Wildman–Crippen LogP) is 3.06. The van der Waals surface area contributed by atoms with E-state index in [1.807, 2.05) is 13.0 Å². The molecule has 0 aromatic heterocycles. The van der Waals surface area contributed by atoms with Gasteiger partial charge in [0.15, 0.2) is 5.78 Å². The number of carbonyl (C=O) groups is 2. The van der Waals surface area contributed by atoms with Crippen molar-refractivity contribution in [3.63, 3.8) is 0 Å². The Morgan fingerprint density at radius 2 is 1.81 bits per heavy atom. The Balaban J connectivity index is 2.38. The van der Waals surface area contributed by atoms with Crippen LogP contribution < -0.4 is 5.32 Å². The fraction of sp³-hybridized carbons (Fsp3) is 0.440. The van der Waals surface area contributed by atoms with Crippen LogP contribution >= 0.6 is 0 Å². The van der Waals surface area contributed by atoms with E-state index in [4.69, 9.17) is 4.74 Å². The maximum absolute atomic E-state index is 12.6. The topological polar surface area (TPSA) is 116 Å². The number of aromatic hydroxyl groups is 1. The second-order valence-electron chi connectivity index (χ2n) is 8.39. The van der Waals surface area contributed by atoms with Crippen molar-refractivity contribution in [1.82, 2.24) is 0 Å². The first-order valence-corrected chi connectivity index (χ1v) is 10.7. The largest absolute Gasteiger partial charge is 0.508 e. The van der Waals surface area contributed by atoms with E-state index >= 15 is 0 Å². The summed E-state index contributed by atoms with van der Waals surface area (Å²) in [5, 5.41) is 33.6. The molecule has 0 aliphatic carbocycles.